The van der Waals surface area contributed by atoms with Gasteiger partial charge in [-0.3, -0.25) is 0 Å². The second-order valence-electron chi connectivity index (χ2n) is 8.12. The second kappa shape index (κ2) is 7.40. The van der Waals surface area contributed by atoms with E-state index in [1.807, 2.05) is 0 Å². The van der Waals surface area contributed by atoms with Crippen molar-refractivity contribution in [3.8, 4) is 0 Å². The Morgan fingerprint density at radius 3 is 2.56 bits per heavy atom. The molecule has 3 nitrogen and oxygen atoms in total. The van der Waals surface area contributed by atoms with Crippen molar-refractivity contribution < 1.29 is 5.11 Å². The lowest BCUT2D eigenvalue weighted by Gasteiger charge is -2.20. The minimum atomic E-state index is -0.423. The summed E-state index contributed by atoms with van der Waals surface area (Å²) in [6.07, 6.45) is 4.39. The van der Waals surface area contributed by atoms with Crippen LogP contribution in [0.3, 0.4) is 0 Å². The highest BCUT2D eigenvalue weighted by Crippen LogP contribution is 2.33. The number of hydrogen-bond donors (Lipinski definition) is 2. The Balaban J connectivity index is 1.56. The fourth-order valence-electron chi connectivity index (χ4n) is 4.47. The van der Waals surface area contributed by atoms with Gasteiger partial charge in [-0.1, -0.05) is 29.3 Å². The van der Waals surface area contributed by atoms with Crippen molar-refractivity contribution in [1.29, 1.82) is 0 Å². The van der Waals surface area contributed by atoms with E-state index in [2.05, 4.69) is 67.1 Å². The first-order chi connectivity index (χ1) is 13.0. The third-order valence-corrected chi connectivity index (χ3v) is 5.84. The Bertz CT molecular complexity index is 970. The van der Waals surface area contributed by atoms with Gasteiger partial charge in [-0.15, -0.1) is 0 Å². The number of hydrogen-bond acceptors (Lipinski definition) is 2. The average molecular weight is 363 g/mol. The van der Waals surface area contributed by atoms with E-state index in [9.17, 15) is 5.11 Å². The van der Waals surface area contributed by atoms with Gasteiger partial charge in [0.25, 0.3) is 0 Å². The number of aromatic nitrogens is 1. The normalized spacial score (nSPS) is 15.0. The van der Waals surface area contributed by atoms with Crippen molar-refractivity contribution >= 4 is 16.6 Å². The summed E-state index contributed by atoms with van der Waals surface area (Å²) >= 11 is 0. The van der Waals surface area contributed by atoms with E-state index < -0.39 is 6.10 Å². The molecule has 1 atom stereocenters. The summed E-state index contributed by atoms with van der Waals surface area (Å²) in [6, 6.07) is 13.1. The standard InChI is InChI=1S/C24H30N2O/c1-16-8-10-22(18(3)12-16)25-14-19(27)15-26-23-7-5-4-6-20(23)21-13-17(2)9-11-24(21)26/h8-13,19,25,27H,4-7,14-15H2,1-3H3/t19-/m0/s1. The van der Waals surface area contributed by atoms with Crippen LogP contribution in [0.2, 0.25) is 0 Å². The van der Waals surface area contributed by atoms with Gasteiger partial charge < -0.3 is 15.0 Å². The molecule has 0 aliphatic heterocycles. The predicted molar refractivity (Wildman–Crippen MR) is 114 cm³/mol. The Kier molecular flexibility index (Phi) is 4.96. The molecule has 1 aromatic heterocycles. The summed E-state index contributed by atoms with van der Waals surface area (Å²) < 4.78 is 2.37. The lowest BCUT2D eigenvalue weighted by Crippen LogP contribution is -2.26. The molecule has 2 N–H and O–H groups in total. The molecule has 1 heterocycles. The molecule has 1 aliphatic carbocycles. The molecule has 0 saturated heterocycles. The summed E-state index contributed by atoms with van der Waals surface area (Å²) in [5.41, 5.74) is 9.13. The zero-order valence-electron chi connectivity index (χ0n) is 16.7. The average Bonchev–Trinajstić information content (AvgIpc) is 2.94. The molecular weight excluding hydrogens is 332 g/mol. The van der Waals surface area contributed by atoms with E-state index in [1.54, 1.807) is 0 Å². The van der Waals surface area contributed by atoms with Crippen LogP contribution in [0.15, 0.2) is 36.4 Å². The van der Waals surface area contributed by atoms with Crippen molar-refractivity contribution in [2.24, 2.45) is 0 Å². The summed E-state index contributed by atoms with van der Waals surface area (Å²) in [5.74, 6) is 0. The molecule has 1 aliphatic rings. The van der Waals surface area contributed by atoms with E-state index in [1.165, 1.54) is 58.1 Å². The van der Waals surface area contributed by atoms with Gasteiger partial charge in [0.1, 0.15) is 0 Å². The SMILES string of the molecule is Cc1ccc(NC[C@H](O)Cn2c3c(c4cc(C)ccc42)CCCC3)c(C)c1. The fraction of sp³-hybridized carbons (Fsp3) is 0.417. The van der Waals surface area contributed by atoms with Crippen LogP contribution in [0.25, 0.3) is 10.9 Å². The maximum atomic E-state index is 10.8. The number of anilines is 1. The molecule has 4 rings (SSSR count). The predicted octanol–water partition coefficient (Wildman–Crippen LogP) is 4.92. The molecular formula is C24H30N2O. The van der Waals surface area contributed by atoms with Crippen LogP contribution in [0, 0.1) is 20.8 Å². The van der Waals surface area contributed by atoms with Gasteiger partial charge in [-0.2, -0.15) is 0 Å². The summed E-state index contributed by atoms with van der Waals surface area (Å²) in [5, 5.41) is 15.6. The Morgan fingerprint density at radius 1 is 1.00 bits per heavy atom. The summed E-state index contributed by atoms with van der Waals surface area (Å²) in [6.45, 7) is 7.58. The first-order valence-electron chi connectivity index (χ1n) is 10.1. The van der Waals surface area contributed by atoms with Gasteiger partial charge >= 0.3 is 0 Å². The molecule has 2 aromatic carbocycles. The van der Waals surface area contributed by atoms with E-state index in [0.29, 0.717) is 13.1 Å². The minimum Gasteiger partial charge on any atom is -0.389 e. The molecule has 0 saturated carbocycles. The van der Waals surface area contributed by atoms with E-state index in [0.717, 1.165) is 12.1 Å². The Labute approximate surface area is 162 Å². The van der Waals surface area contributed by atoms with Crippen molar-refractivity contribution in [3.05, 3.63) is 64.3 Å². The lowest BCUT2D eigenvalue weighted by atomic mass is 9.95. The summed E-state index contributed by atoms with van der Waals surface area (Å²) in [4.78, 5) is 0. The van der Waals surface area contributed by atoms with Crippen molar-refractivity contribution in [2.45, 2.75) is 59.1 Å². The first-order valence-corrected chi connectivity index (χ1v) is 10.1. The third kappa shape index (κ3) is 3.61. The van der Waals surface area contributed by atoms with Gasteiger partial charge in [0.05, 0.1) is 12.6 Å². The highest BCUT2D eigenvalue weighted by atomic mass is 16.3. The molecule has 0 fully saturated rings. The number of nitrogens with zero attached hydrogens (tertiary/aromatic N) is 1. The summed E-state index contributed by atoms with van der Waals surface area (Å²) in [7, 11) is 0. The van der Waals surface area contributed by atoms with E-state index >= 15 is 0 Å². The topological polar surface area (TPSA) is 37.2 Å². The van der Waals surface area contributed by atoms with E-state index in [4.69, 9.17) is 0 Å². The molecule has 142 valence electrons. The molecule has 0 unspecified atom stereocenters. The molecule has 0 radical (unpaired) electrons. The highest BCUT2D eigenvalue weighted by molar-refractivity contribution is 5.86. The smallest absolute Gasteiger partial charge is 0.0891 e. The number of fused-ring (bicyclic) bond motifs is 3. The van der Waals surface area contributed by atoms with Crippen LogP contribution in [0.5, 0.6) is 0 Å². The van der Waals surface area contributed by atoms with Crippen LogP contribution in [0.1, 0.15) is 40.8 Å². The van der Waals surface area contributed by atoms with Gasteiger partial charge in [-0.05, 0) is 75.8 Å². The molecule has 0 spiro atoms. The van der Waals surface area contributed by atoms with Gasteiger partial charge in [0.15, 0.2) is 0 Å². The Morgan fingerprint density at radius 2 is 1.74 bits per heavy atom. The van der Waals surface area contributed by atoms with Gasteiger partial charge in [0.2, 0.25) is 0 Å². The molecule has 3 heteroatoms. The number of aliphatic hydroxyl groups is 1. The lowest BCUT2D eigenvalue weighted by molar-refractivity contribution is 0.167. The zero-order chi connectivity index (χ0) is 19.0. The van der Waals surface area contributed by atoms with Crippen molar-refractivity contribution in [2.75, 3.05) is 11.9 Å². The number of nitrogens with one attached hydrogen (secondary N) is 1. The maximum Gasteiger partial charge on any atom is 0.0891 e. The fourth-order valence-corrected chi connectivity index (χ4v) is 4.47. The van der Waals surface area contributed by atoms with Gasteiger partial charge in [0, 0.05) is 28.8 Å². The zero-order valence-corrected chi connectivity index (χ0v) is 16.7. The molecule has 0 amide bonds. The third-order valence-electron chi connectivity index (χ3n) is 5.84. The maximum absolute atomic E-state index is 10.8. The number of aliphatic hydroxyl groups excluding tert-OH is 1. The van der Waals surface area contributed by atoms with Crippen LogP contribution in [0.4, 0.5) is 5.69 Å². The molecule has 0 bridgehead atoms. The van der Waals surface area contributed by atoms with Gasteiger partial charge in [-0.25, -0.2) is 0 Å². The van der Waals surface area contributed by atoms with Crippen LogP contribution in [-0.2, 0) is 19.4 Å². The van der Waals surface area contributed by atoms with E-state index in [-0.39, 0.29) is 0 Å². The van der Waals surface area contributed by atoms with Crippen molar-refractivity contribution in [1.82, 2.24) is 4.57 Å². The van der Waals surface area contributed by atoms with Crippen LogP contribution in [-0.4, -0.2) is 22.3 Å². The highest BCUT2D eigenvalue weighted by Gasteiger charge is 2.21. The first kappa shape index (κ1) is 18.1. The Hall–Kier alpha value is -2.26. The van der Waals surface area contributed by atoms with Crippen LogP contribution < -0.4 is 5.32 Å². The number of benzene rings is 2. The minimum absolute atomic E-state index is 0.423. The molecule has 3 aromatic rings. The quantitative estimate of drug-likeness (QED) is 0.676. The largest absolute Gasteiger partial charge is 0.389 e. The number of aryl methyl sites for hydroxylation is 4. The second-order valence-corrected chi connectivity index (χ2v) is 8.12. The van der Waals surface area contributed by atoms with Crippen LogP contribution >= 0.6 is 0 Å². The molecule has 27 heavy (non-hydrogen) atoms. The van der Waals surface area contributed by atoms with Crippen molar-refractivity contribution in [3.63, 3.8) is 0 Å². The monoisotopic (exact) mass is 362 g/mol. The number of rotatable bonds is 5.